The van der Waals surface area contributed by atoms with Crippen LogP contribution in [0.5, 0.6) is 0 Å². The van der Waals surface area contributed by atoms with Gasteiger partial charge in [0.2, 0.25) is 5.91 Å². The smallest absolute Gasteiger partial charge is 0.225 e. The van der Waals surface area contributed by atoms with Crippen LogP contribution in [0.2, 0.25) is 0 Å². The monoisotopic (exact) mass is 414 g/mol. The third-order valence-corrected chi connectivity index (χ3v) is 8.66. The fourth-order valence-electron chi connectivity index (χ4n) is 7.14. The van der Waals surface area contributed by atoms with E-state index < -0.39 is 40.5 Å². The van der Waals surface area contributed by atoms with Crippen LogP contribution in [0.25, 0.3) is 0 Å². The topological polar surface area (TPSA) is 120 Å². The van der Waals surface area contributed by atoms with Crippen LogP contribution in [-0.4, -0.2) is 53.4 Å². The number of carbonyl (C=O) groups excluding carboxylic acids is 2. The van der Waals surface area contributed by atoms with Gasteiger partial charge in [-0.1, -0.05) is 18.2 Å². The van der Waals surface area contributed by atoms with Crippen LogP contribution in [0.1, 0.15) is 39.5 Å². The lowest BCUT2D eigenvalue weighted by Gasteiger charge is -2.47. The first-order valence-electron chi connectivity index (χ1n) is 10.6. The molecule has 1 amide bonds. The first-order chi connectivity index (χ1) is 14.1. The second kappa shape index (κ2) is 6.74. The van der Waals surface area contributed by atoms with Gasteiger partial charge in [-0.05, 0) is 56.4 Å². The highest BCUT2D eigenvalue weighted by Gasteiger charge is 2.72. The van der Waals surface area contributed by atoms with Crippen LogP contribution in [0.4, 0.5) is 0 Å². The Labute approximate surface area is 176 Å². The summed E-state index contributed by atoms with van der Waals surface area (Å²) in [6.07, 6.45) is 2.30. The number of methoxy groups -OCH3 is 1. The summed E-state index contributed by atoms with van der Waals surface area (Å²) in [6.45, 7) is 7.16. The number of aliphatic hydroxyl groups is 2. The minimum absolute atomic E-state index is 0.0105. The average molecular weight is 415 g/mol. The molecule has 3 saturated carbocycles. The number of nitrogens with zero attached hydrogens (tertiary/aromatic N) is 1. The quantitative estimate of drug-likeness (QED) is 0.471. The van der Waals surface area contributed by atoms with Gasteiger partial charge in [-0.3, -0.25) is 9.59 Å². The number of ketones is 1. The molecular weight excluding hydrogens is 384 g/mol. The van der Waals surface area contributed by atoms with Gasteiger partial charge in [-0.25, -0.2) is 0 Å². The molecule has 0 aliphatic heterocycles. The molecule has 0 heterocycles. The number of hydrogen-bond acceptors (Lipinski definition) is 6. The van der Waals surface area contributed by atoms with Gasteiger partial charge in [-0.15, -0.1) is 0 Å². The number of rotatable bonds is 4. The standard InChI is InChI=1S/C23H30N2O5/c1-12-10-22-11-23(12,29)6-5-15(22)14-9-16(30-4)19(27)21(3,13(2)26)17(14)18(22)20(28)25-8-7-24/h9,15-19,27,29H,1,5-6,8,10-11H2,2-4H3,(H,25,28)/t15-,16+,17+,18+,19-,21-,22-,23-/m0/s1. The van der Waals surface area contributed by atoms with Crippen molar-refractivity contribution in [3.05, 3.63) is 23.8 Å². The molecule has 4 aliphatic rings. The SMILES string of the molecule is C=C1C[C@]23C[C@@]1(O)CC[C@H]2C1=C[C@@H](OC)[C@H](O)[C@@](C)(C(C)=O)[C@H]1[C@@H]3C(=O)NCC#N. The van der Waals surface area contributed by atoms with Crippen LogP contribution in [-0.2, 0) is 14.3 Å². The maximum absolute atomic E-state index is 13.5. The van der Waals surface area contributed by atoms with E-state index in [-0.39, 0.29) is 24.2 Å². The molecule has 7 nitrogen and oxygen atoms in total. The highest BCUT2D eigenvalue weighted by molar-refractivity contribution is 5.88. The summed E-state index contributed by atoms with van der Waals surface area (Å²) in [7, 11) is 1.50. The Morgan fingerprint density at radius 1 is 1.47 bits per heavy atom. The molecule has 0 unspecified atom stereocenters. The predicted octanol–water partition coefficient (Wildman–Crippen LogP) is 1.26. The molecule has 30 heavy (non-hydrogen) atoms. The molecule has 162 valence electrons. The van der Waals surface area contributed by atoms with Gasteiger partial charge < -0.3 is 20.3 Å². The number of amides is 1. The Balaban J connectivity index is 1.94. The van der Waals surface area contributed by atoms with Crippen molar-refractivity contribution in [3.8, 4) is 6.07 Å². The molecule has 3 fully saturated rings. The molecule has 4 aliphatic carbocycles. The van der Waals surface area contributed by atoms with E-state index in [0.717, 1.165) is 11.1 Å². The van der Waals surface area contributed by atoms with E-state index in [1.54, 1.807) is 6.92 Å². The number of nitrogens with one attached hydrogen (secondary N) is 1. The van der Waals surface area contributed by atoms with Crippen molar-refractivity contribution in [1.29, 1.82) is 5.26 Å². The largest absolute Gasteiger partial charge is 0.389 e. The van der Waals surface area contributed by atoms with Crippen LogP contribution < -0.4 is 5.32 Å². The van der Waals surface area contributed by atoms with Crippen LogP contribution >= 0.6 is 0 Å². The van der Waals surface area contributed by atoms with Gasteiger partial charge in [0.05, 0.1) is 29.1 Å². The van der Waals surface area contributed by atoms with Gasteiger partial charge in [0.15, 0.2) is 0 Å². The minimum Gasteiger partial charge on any atom is -0.389 e. The van der Waals surface area contributed by atoms with Crippen molar-refractivity contribution in [3.63, 3.8) is 0 Å². The van der Waals surface area contributed by atoms with E-state index in [1.807, 2.05) is 12.1 Å². The molecule has 7 heteroatoms. The number of hydrogen-bond donors (Lipinski definition) is 3. The highest BCUT2D eigenvalue weighted by Crippen LogP contribution is 2.73. The number of ether oxygens (including phenoxy) is 1. The second-order valence-corrected chi connectivity index (χ2v) is 9.80. The Hall–Kier alpha value is -2.01. The van der Waals surface area contributed by atoms with Gasteiger partial charge in [-0.2, -0.15) is 5.26 Å². The Kier molecular flexibility index (Phi) is 4.77. The summed E-state index contributed by atoms with van der Waals surface area (Å²) in [4.78, 5) is 26.4. The van der Waals surface area contributed by atoms with Crippen molar-refractivity contribution >= 4 is 11.7 Å². The zero-order valence-electron chi connectivity index (χ0n) is 17.8. The Morgan fingerprint density at radius 2 is 2.17 bits per heavy atom. The van der Waals surface area contributed by atoms with Gasteiger partial charge in [0.25, 0.3) is 0 Å². The van der Waals surface area contributed by atoms with Crippen molar-refractivity contribution in [2.24, 2.45) is 28.6 Å². The molecule has 0 radical (unpaired) electrons. The number of nitriles is 1. The predicted molar refractivity (Wildman–Crippen MR) is 108 cm³/mol. The van der Waals surface area contributed by atoms with E-state index in [0.29, 0.717) is 25.7 Å². The lowest BCUT2D eigenvalue weighted by atomic mass is 9.58. The van der Waals surface area contributed by atoms with Gasteiger partial charge in [0.1, 0.15) is 18.4 Å². The summed E-state index contributed by atoms with van der Waals surface area (Å²) in [5.74, 6) is -1.68. The van der Waals surface area contributed by atoms with Gasteiger partial charge >= 0.3 is 0 Å². The number of Topliss-reactive ketones (excluding diaryl/α,β-unsaturated/α-hetero) is 1. The molecule has 0 saturated heterocycles. The molecule has 8 atom stereocenters. The van der Waals surface area contributed by atoms with E-state index in [2.05, 4.69) is 11.9 Å². The molecule has 0 aromatic carbocycles. The summed E-state index contributed by atoms with van der Waals surface area (Å²) in [5.41, 5.74) is -1.11. The maximum Gasteiger partial charge on any atom is 0.225 e. The zero-order chi connectivity index (χ0) is 22.1. The lowest BCUT2D eigenvalue weighted by molar-refractivity contribution is -0.152. The maximum atomic E-state index is 13.5. The normalized spacial score (nSPS) is 46.5. The van der Waals surface area contributed by atoms with Crippen LogP contribution in [0, 0.1) is 39.9 Å². The number of fused-ring (bicyclic) bond motifs is 3. The third-order valence-electron chi connectivity index (χ3n) is 8.66. The van der Waals surface area contributed by atoms with E-state index >= 15 is 0 Å². The summed E-state index contributed by atoms with van der Waals surface area (Å²) in [5, 5.41) is 34.0. The number of aliphatic hydroxyl groups excluding tert-OH is 1. The Morgan fingerprint density at radius 3 is 2.77 bits per heavy atom. The third kappa shape index (κ3) is 2.47. The molecule has 4 rings (SSSR count). The number of allylic oxidation sites excluding steroid dienone is 1. The lowest BCUT2D eigenvalue weighted by Crippen LogP contribution is -2.57. The summed E-state index contributed by atoms with van der Waals surface area (Å²) in [6, 6.07) is 1.94. The first-order valence-corrected chi connectivity index (χ1v) is 10.6. The summed E-state index contributed by atoms with van der Waals surface area (Å²) < 4.78 is 5.53. The second-order valence-electron chi connectivity index (χ2n) is 9.80. The minimum atomic E-state index is -1.21. The molecular formula is C23H30N2O5. The van der Waals surface area contributed by atoms with Gasteiger partial charge in [0, 0.05) is 13.0 Å². The van der Waals surface area contributed by atoms with E-state index in [4.69, 9.17) is 10.00 Å². The molecule has 2 bridgehead atoms. The fraction of sp³-hybridized carbons (Fsp3) is 0.696. The molecule has 3 N–H and O–H groups in total. The van der Waals surface area contributed by atoms with E-state index in [1.165, 1.54) is 14.0 Å². The van der Waals surface area contributed by atoms with Crippen molar-refractivity contribution in [2.45, 2.75) is 57.3 Å². The van der Waals surface area contributed by atoms with E-state index in [9.17, 15) is 19.8 Å². The molecule has 0 aromatic rings. The van der Waals surface area contributed by atoms with Crippen LogP contribution in [0.3, 0.4) is 0 Å². The first kappa shape index (κ1) is 21.2. The number of carbonyl (C=O) groups is 2. The summed E-state index contributed by atoms with van der Waals surface area (Å²) >= 11 is 0. The Bertz CT molecular complexity index is 891. The molecule has 1 spiro atoms. The van der Waals surface area contributed by atoms with Crippen molar-refractivity contribution in [1.82, 2.24) is 5.32 Å². The van der Waals surface area contributed by atoms with Crippen LogP contribution in [0.15, 0.2) is 23.8 Å². The van der Waals surface area contributed by atoms with Crippen molar-refractivity contribution < 1.29 is 24.5 Å². The molecule has 0 aromatic heterocycles. The average Bonchev–Trinajstić information content (AvgIpc) is 3.08. The highest BCUT2D eigenvalue weighted by atomic mass is 16.5. The zero-order valence-corrected chi connectivity index (χ0v) is 17.8. The van der Waals surface area contributed by atoms with Crippen molar-refractivity contribution in [2.75, 3.05) is 13.7 Å². The fourth-order valence-corrected chi connectivity index (χ4v) is 7.14.